The van der Waals surface area contributed by atoms with E-state index in [9.17, 15) is 0 Å². The second-order valence-electron chi connectivity index (χ2n) is 4.52. The van der Waals surface area contributed by atoms with Crippen molar-refractivity contribution in [2.24, 2.45) is 0 Å². The van der Waals surface area contributed by atoms with Crippen LogP contribution < -0.4 is 5.32 Å². The first-order chi connectivity index (χ1) is 8.08. The van der Waals surface area contributed by atoms with Gasteiger partial charge in [-0.25, -0.2) is 0 Å². The Kier molecular flexibility index (Phi) is 4.02. The Morgan fingerprint density at radius 2 is 2.00 bits per heavy atom. The summed E-state index contributed by atoms with van der Waals surface area (Å²) in [4.78, 5) is 4.32. The molecule has 0 bridgehead atoms. The van der Waals surface area contributed by atoms with Gasteiger partial charge in [0.15, 0.2) is 0 Å². The minimum Gasteiger partial charge on any atom is -0.305 e. The molecule has 0 aliphatic carbocycles. The lowest BCUT2D eigenvalue weighted by Gasteiger charge is -2.12. The minimum absolute atomic E-state index is 0.442. The fraction of sp³-hybridized carbons (Fsp3) is 0.429. The normalized spacial score (nSPS) is 12.9. The topological polar surface area (TPSA) is 12.0 Å². The van der Waals surface area contributed by atoms with Gasteiger partial charge in [-0.1, -0.05) is 0 Å². The standard InChI is InChI=1S/C14H19NS2/c1-9-5-6-16-14(9)11(3)15-8-13-7-10(2)12(4)17-13/h5-7,11,15H,8H2,1-4H3. The van der Waals surface area contributed by atoms with Crippen LogP contribution in [0.3, 0.4) is 0 Å². The fourth-order valence-corrected chi connectivity index (χ4v) is 3.88. The summed E-state index contributed by atoms with van der Waals surface area (Å²) < 4.78 is 0. The maximum absolute atomic E-state index is 3.60. The molecule has 2 rings (SSSR count). The van der Waals surface area contributed by atoms with Gasteiger partial charge in [0.05, 0.1) is 0 Å². The van der Waals surface area contributed by atoms with Gasteiger partial charge in [0.1, 0.15) is 0 Å². The van der Waals surface area contributed by atoms with Crippen LogP contribution in [0.5, 0.6) is 0 Å². The van der Waals surface area contributed by atoms with Gasteiger partial charge in [-0.2, -0.15) is 0 Å². The van der Waals surface area contributed by atoms with E-state index in [4.69, 9.17) is 0 Å². The summed E-state index contributed by atoms with van der Waals surface area (Å²) in [7, 11) is 0. The molecular formula is C14H19NS2. The van der Waals surface area contributed by atoms with Crippen molar-refractivity contribution in [2.45, 2.75) is 40.3 Å². The van der Waals surface area contributed by atoms with Gasteiger partial charge < -0.3 is 5.32 Å². The summed E-state index contributed by atoms with van der Waals surface area (Å²) in [5.74, 6) is 0. The van der Waals surface area contributed by atoms with Gasteiger partial charge >= 0.3 is 0 Å². The average Bonchev–Trinajstić information content (AvgIpc) is 2.83. The van der Waals surface area contributed by atoms with E-state index in [-0.39, 0.29) is 0 Å². The highest BCUT2D eigenvalue weighted by Crippen LogP contribution is 2.25. The van der Waals surface area contributed by atoms with Crippen LogP contribution in [-0.2, 0) is 6.54 Å². The summed E-state index contributed by atoms with van der Waals surface area (Å²) in [5.41, 5.74) is 2.81. The second kappa shape index (κ2) is 5.34. The Morgan fingerprint density at radius 3 is 2.53 bits per heavy atom. The zero-order valence-electron chi connectivity index (χ0n) is 10.8. The highest BCUT2D eigenvalue weighted by atomic mass is 32.1. The van der Waals surface area contributed by atoms with Crippen LogP contribution in [0.25, 0.3) is 0 Å². The van der Waals surface area contributed by atoms with Gasteiger partial charge in [0.25, 0.3) is 0 Å². The Morgan fingerprint density at radius 1 is 1.24 bits per heavy atom. The molecule has 3 heteroatoms. The predicted molar refractivity (Wildman–Crippen MR) is 78.1 cm³/mol. The molecule has 2 heterocycles. The van der Waals surface area contributed by atoms with E-state index in [0.29, 0.717) is 6.04 Å². The van der Waals surface area contributed by atoms with Crippen molar-refractivity contribution in [1.82, 2.24) is 5.32 Å². The van der Waals surface area contributed by atoms with Crippen molar-refractivity contribution >= 4 is 22.7 Å². The molecule has 0 radical (unpaired) electrons. The number of aryl methyl sites for hydroxylation is 3. The molecule has 2 aromatic rings. The summed E-state index contributed by atoms with van der Waals surface area (Å²) in [6.07, 6.45) is 0. The molecule has 0 aromatic carbocycles. The van der Waals surface area contributed by atoms with Crippen molar-refractivity contribution in [1.29, 1.82) is 0 Å². The molecule has 0 spiro atoms. The zero-order valence-corrected chi connectivity index (χ0v) is 12.5. The Balaban J connectivity index is 1.97. The molecule has 17 heavy (non-hydrogen) atoms. The fourth-order valence-electron chi connectivity index (χ4n) is 1.91. The quantitative estimate of drug-likeness (QED) is 0.853. The maximum atomic E-state index is 3.60. The van der Waals surface area contributed by atoms with Gasteiger partial charge in [0, 0.05) is 27.2 Å². The van der Waals surface area contributed by atoms with Crippen molar-refractivity contribution < 1.29 is 0 Å². The first-order valence-corrected chi connectivity index (χ1v) is 7.61. The lowest BCUT2D eigenvalue weighted by atomic mass is 10.2. The molecule has 0 saturated carbocycles. The number of thiophene rings is 2. The smallest absolute Gasteiger partial charge is 0.0391 e. The summed E-state index contributed by atoms with van der Waals surface area (Å²) in [6, 6.07) is 4.93. The molecule has 0 aliphatic rings. The van der Waals surface area contributed by atoms with Crippen molar-refractivity contribution in [3.63, 3.8) is 0 Å². The van der Waals surface area contributed by atoms with Crippen LogP contribution >= 0.6 is 22.7 Å². The maximum Gasteiger partial charge on any atom is 0.0391 e. The lowest BCUT2D eigenvalue weighted by molar-refractivity contribution is 0.585. The van der Waals surface area contributed by atoms with E-state index >= 15 is 0 Å². The monoisotopic (exact) mass is 265 g/mol. The molecule has 0 fully saturated rings. The largest absolute Gasteiger partial charge is 0.305 e. The van der Waals surface area contributed by atoms with Crippen LogP contribution in [0.15, 0.2) is 17.5 Å². The van der Waals surface area contributed by atoms with Gasteiger partial charge in [0.2, 0.25) is 0 Å². The van der Waals surface area contributed by atoms with Gasteiger partial charge in [-0.3, -0.25) is 0 Å². The second-order valence-corrected chi connectivity index (χ2v) is 6.81. The third-order valence-electron chi connectivity index (χ3n) is 3.09. The molecule has 0 amide bonds. The van der Waals surface area contributed by atoms with Crippen molar-refractivity contribution in [3.8, 4) is 0 Å². The molecule has 92 valence electrons. The molecule has 1 unspecified atom stereocenters. The summed E-state index contributed by atoms with van der Waals surface area (Å²) in [5, 5.41) is 5.77. The SMILES string of the molecule is Cc1cc(CNC(C)c2sccc2C)sc1C. The minimum atomic E-state index is 0.442. The first kappa shape index (κ1) is 12.8. The number of rotatable bonds is 4. The van der Waals surface area contributed by atoms with Crippen LogP contribution in [0.1, 0.15) is 38.7 Å². The van der Waals surface area contributed by atoms with E-state index in [1.54, 1.807) is 0 Å². The summed E-state index contributed by atoms with van der Waals surface area (Å²) >= 11 is 3.74. The number of hydrogen-bond acceptors (Lipinski definition) is 3. The Labute approximate surface area is 112 Å². The van der Waals surface area contributed by atoms with Crippen LogP contribution in [-0.4, -0.2) is 0 Å². The van der Waals surface area contributed by atoms with E-state index in [0.717, 1.165) is 6.54 Å². The molecule has 2 aromatic heterocycles. The summed E-state index contributed by atoms with van der Waals surface area (Å²) in [6.45, 7) is 9.77. The van der Waals surface area contributed by atoms with Crippen molar-refractivity contribution in [3.05, 3.63) is 43.3 Å². The van der Waals surface area contributed by atoms with E-state index in [1.807, 2.05) is 22.7 Å². The Hall–Kier alpha value is -0.640. The third kappa shape index (κ3) is 2.97. The van der Waals surface area contributed by atoms with Crippen molar-refractivity contribution in [2.75, 3.05) is 0 Å². The average molecular weight is 265 g/mol. The number of hydrogen-bond donors (Lipinski definition) is 1. The van der Waals surface area contributed by atoms with Gasteiger partial charge in [-0.05, 0) is 56.3 Å². The highest BCUT2D eigenvalue weighted by molar-refractivity contribution is 7.12. The molecule has 1 N–H and O–H groups in total. The predicted octanol–water partition coefficient (Wildman–Crippen LogP) is 4.59. The highest BCUT2D eigenvalue weighted by Gasteiger charge is 2.10. The molecule has 1 atom stereocenters. The third-order valence-corrected chi connectivity index (χ3v) is 5.45. The lowest BCUT2D eigenvalue weighted by Crippen LogP contribution is -2.17. The number of nitrogens with one attached hydrogen (secondary N) is 1. The molecular weight excluding hydrogens is 246 g/mol. The van der Waals surface area contributed by atoms with Crippen LogP contribution in [0.2, 0.25) is 0 Å². The van der Waals surface area contributed by atoms with E-state index < -0.39 is 0 Å². The van der Waals surface area contributed by atoms with E-state index in [2.05, 4.69) is 50.5 Å². The Bertz CT molecular complexity index is 477. The van der Waals surface area contributed by atoms with Crippen LogP contribution in [0.4, 0.5) is 0 Å². The first-order valence-electron chi connectivity index (χ1n) is 5.91. The van der Waals surface area contributed by atoms with Crippen LogP contribution in [0, 0.1) is 20.8 Å². The zero-order chi connectivity index (χ0) is 12.4. The van der Waals surface area contributed by atoms with Gasteiger partial charge in [-0.15, -0.1) is 22.7 Å². The molecule has 0 saturated heterocycles. The molecule has 0 aliphatic heterocycles. The molecule has 1 nitrogen and oxygen atoms in total. The van der Waals surface area contributed by atoms with E-state index in [1.165, 1.54) is 25.8 Å².